The van der Waals surface area contributed by atoms with Crippen molar-refractivity contribution < 1.29 is 13.6 Å². The molecule has 0 saturated heterocycles. The molecule has 5 rings (SSSR count). The number of para-hydroxylation sites is 2. The van der Waals surface area contributed by atoms with Crippen molar-refractivity contribution in [3.05, 3.63) is 114 Å². The molecule has 0 aliphatic rings. The van der Waals surface area contributed by atoms with Gasteiger partial charge in [0, 0.05) is 35.3 Å². The highest BCUT2D eigenvalue weighted by molar-refractivity contribution is 5.93. The molecule has 0 aliphatic carbocycles. The van der Waals surface area contributed by atoms with E-state index in [0.29, 0.717) is 17.0 Å². The predicted octanol–water partition coefficient (Wildman–Crippen LogP) is 5.75. The van der Waals surface area contributed by atoms with E-state index in [2.05, 4.69) is 5.32 Å². The molecule has 5 nitrogen and oxygen atoms in total. The lowest BCUT2D eigenvalue weighted by Gasteiger charge is -2.03. The molecule has 3 aromatic carbocycles. The number of amides is 1. The van der Waals surface area contributed by atoms with Gasteiger partial charge in [0.05, 0.1) is 5.69 Å². The smallest absolute Gasteiger partial charge is 0.244 e. The molecular weight excluding hydrogens is 417 g/mol. The molecule has 1 N–H and O–H groups in total. The summed E-state index contributed by atoms with van der Waals surface area (Å²) in [6, 6.07) is 25.7. The van der Waals surface area contributed by atoms with E-state index in [4.69, 9.17) is 9.52 Å². The molecule has 0 spiro atoms. The molecule has 0 radical (unpaired) electrons. The summed E-state index contributed by atoms with van der Waals surface area (Å²) in [7, 11) is 0. The minimum atomic E-state index is -0.349. The van der Waals surface area contributed by atoms with Gasteiger partial charge in [0.1, 0.15) is 17.1 Å². The van der Waals surface area contributed by atoms with E-state index in [1.165, 1.54) is 12.1 Å². The Morgan fingerprint density at radius 3 is 2.58 bits per heavy atom. The van der Waals surface area contributed by atoms with Gasteiger partial charge in [0.15, 0.2) is 5.76 Å². The maximum absolute atomic E-state index is 13.8. The Morgan fingerprint density at radius 2 is 1.76 bits per heavy atom. The van der Waals surface area contributed by atoms with E-state index in [-0.39, 0.29) is 18.3 Å². The fourth-order valence-electron chi connectivity index (χ4n) is 3.56. The largest absolute Gasteiger partial charge is 0.454 e. The summed E-state index contributed by atoms with van der Waals surface area (Å²) in [5.41, 5.74) is 3.42. The second-order valence-electron chi connectivity index (χ2n) is 7.50. The van der Waals surface area contributed by atoms with Crippen LogP contribution in [0.15, 0.2) is 102 Å². The van der Waals surface area contributed by atoms with Crippen LogP contribution in [0.5, 0.6) is 0 Å². The second-order valence-corrected chi connectivity index (χ2v) is 7.50. The highest BCUT2D eigenvalue weighted by Gasteiger charge is 2.15. The molecule has 0 atom stereocenters. The van der Waals surface area contributed by atoms with E-state index in [1.54, 1.807) is 29.0 Å². The fraction of sp³-hybridized carbons (Fsp3) is 0.0370. The van der Waals surface area contributed by atoms with Crippen LogP contribution in [0, 0.1) is 5.82 Å². The highest BCUT2D eigenvalue weighted by atomic mass is 19.1. The Hall–Kier alpha value is -4.45. The number of fused-ring (bicyclic) bond motifs is 1. The topological polar surface area (TPSA) is 60.1 Å². The Kier molecular flexibility index (Phi) is 5.55. The number of halogens is 1. The van der Waals surface area contributed by atoms with Crippen LogP contribution in [0.2, 0.25) is 0 Å². The predicted molar refractivity (Wildman–Crippen MR) is 126 cm³/mol. The van der Waals surface area contributed by atoms with Crippen LogP contribution < -0.4 is 5.32 Å². The monoisotopic (exact) mass is 437 g/mol. The third kappa shape index (κ3) is 4.45. The number of rotatable bonds is 6. The van der Waals surface area contributed by atoms with Gasteiger partial charge in [-0.2, -0.15) is 5.10 Å². The summed E-state index contributed by atoms with van der Waals surface area (Å²) in [6.45, 7) is 0.107. The number of benzene rings is 3. The van der Waals surface area contributed by atoms with Crippen LogP contribution in [0.25, 0.3) is 34.2 Å². The van der Waals surface area contributed by atoms with Crippen molar-refractivity contribution in [2.75, 3.05) is 0 Å². The van der Waals surface area contributed by atoms with Crippen LogP contribution in [0.1, 0.15) is 11.1 Å². The van der Waals surface area contributed by atoms with Crippen molar-refractivity contribution in [1.29, 1.82) is 0 Å². The Morgan fingerprint density at radius 1 is 1.00 bits per heavy atom. The van der Waals surface area contributed by atoms with Gasteiger partial charge >= 0.3 is 0 Å². The first-order valence-corrected chi connectivity index (χ1v) is 10.5. The number of hydrogen-bond acceptors (Lipinski definition) is 3. The van der Waals surface area contributed by atoms with Gasteiger partial charge in [-0.15, -0.1) is 0 Å². The van der Waals surface area contributed by atoms with Crippen molar-refractivity contribution >= 4 is 23.0 Å². The SMILES string of the molecule is O=C(C=Cc1cn(-c2ccccc2)nc1-c1cc2ccccc2o1)NCc1ccccc1F. The fourth-order valence-corrected chi connectivity index (χ4v) is 3.56. The van der Waals surface area contributed by atoms with Crippen LogP contribution in [-0.2, 0) is 11.3 Å². The summed E-state index contributed by atoms with van der Waals surface area (Å²) in [5.74, 6) is -0.0725. The van der Waals surface area contributed by atoms with Crippen LogP contribution in [0.4, 0.5) is 4.39 Å². The van der Waals surface area contributed by atoms with Crippen LogP contribution in [0.3, 0.4) is 0 Å². The second kappa shape index (κ2) is 8.96. The molecule has 1 amide bonds. The average molecular weight is 437 g/mol. The molecule has 2 heterocycles. The zero-order chi connectivity index (χ0) is 22.6. The van der Waals surface area contributed by atoms with Crippen LogP contribution >= 0.6 is 0 Å². The Labute approximate surface area is 189 Å². The molecule has 6 heteroatoms. The van der Waals surface area contributed by atoms with Crippen molar-refractivity contribution in [2.45, 2.75) is 6.54 Å². The normalized spacial score (nSPS) is 11.3. The quantitative estimate of drug-likeness (QED) is 0.344. The number of furan rings is 1. The first-order chi connectivity index (χ1) is 16.2. The Bertz CT molecular complexity index is 1420. The molecule has 0 unspecified atom stereocenters. The van der Waals surface area contributed by atoms with E-state index in [9.17, 15) is 9.18 Å². The first kappa shape index (κ1) is 20.5. The van der Waals surface area contributed by atoms with Gasteiger partial charge in [-0.25, -0.2) is 9.07 Å². The van der Waals surface area contributed by atoms with Crippen LogP contribution in [-0.4, -0.2) is 15.7 Å². The molecular formula is C27H20FN3O2. The molecule has 5 aromatic rings. The van der Waals surface area contributed by atoms with Crippen molar-refractivity contribution in [3.8, 4) is 17.1 Å². The molecule has 2 aromatic heterocycles. The molecule has 0 aliphatic heterocycles. The summed E-state index contributed by atoms with van der Waals surface area (Å²) < 4.78 is 21.6. The van der Waals surface area contributed by atoms with E-state index in [0.717, 1.165) is 22.2 Å². The van der Waals surface area contributed by atoms with E-state index < -0.39 is 0 Å². The maximum atomic E-state index is 13.8. The number of nitrogens with zero attached hydrogens (tertiary/aromatic N) is 2. The zero-order valence-corrected chi connectivity index (χ0v) is 17.6. The van der Waals surface area contributed by atoms with Gasteiger partial charge in [-0.1, -0.05) is 54.6 Å². The summed E-state index contributed by atoms with van der Waals surface area (Å²) >= 11 is 0. The van der Waals surface area contributed by atoms with Crippen molar-refractivity contribution in [3.63, 3.8) is 0 Å². The molecule has 0 fully saturated rings. The van der Waals surface area contributed by atoms with Crippen molar-refractivity contribution in [2.24, 2.45) is 0 Å². The zero-order valence-electron chi connectivity index (χ0n) is 17.6. The number of carbonyl (C=O) groups is 1. The minimum Gasteiger partial charge on any atom is -0.454 e. The van der Waals surface area contributed by atoms with Gasteiger partial charge in [0.25, 0.3) is 0 Å². The van der Waals surface area contributed by atoms with Crippen molar-refractivity contribution in [1.82, 2.24) is 15.1 Å². The number of nitrogens with one attached hydrogen (secondary N) is 1. The molecule has 33 heavy (non-hydrogen) atoms. The Balaban J connectivity index is 1.44. The lowest BCUT2D eigenvalue weighted by molar-refractivity contribution is -0.116. The lowest BCUT2D eigenvalue weighted by atomic mass is 10.1. The number of carbonyl (C=O) groups excluding carboxylic acids is 1. The highest BCUT2D eigenvalue weighted by Crippen LogP contribution is 2.30. The molecule has 162 valence electrons. The summed E-state index contributed by atoms with van der Waals surface area (Å²) in [4.78, 5) is 12.4. The van der Waals surface area contributed by atoms with Gasteiger partial charge in [-0.05, 0) is 36.4 Å². The molecule has 0 bridgehead atoms. The average Bonchev–Trinajstić information content (AvgIpc) is 3.47. The van der Waals surface area contributed by atoms with E-state index in [1.807, 2.05) is 66.9 Å². The standard InChI is InChI=1S/C27H20FN3O2/c28-23-12-6-4-9-20(23)17-29-26(32)15-14-21-18-31(22-10-2-1-3-11-22)30-27(21)25-16-19-8-5-7-13-24(19)33-25/h1-16,18H,17H2,(H,29,32). The number of hydrogen-bond donors (Lipinski definition) is 1. The van der Waals surface area contributed by atoms with Gasteiger partial charge < -0.3 is 9.73 Å². The number of aromatic nitrogens is 2. The minimum absolute atomic E-state index is 0.107. The van der Waals surface area contributed by atoms with Gasteiger partial charge in [-0.3, -0.25) is 4.79 Å². The summed E-state index contributed by atoms with van der Waals surface area (Å²) in [5, 5.41) is 8.40. The van der Waals surface area contributed by atoms with Gasteiger partial charge in [0.2, 0.25) is 5.91 Å². The third-order valence-electron chi connectivity index (χ3n) is 5.25. The van der Waals surface area contributed by atoms with E-state index >= 15 is 0 Å². The molecule has 0 saturated carbocycles. The lowest BCUT2D eigenvalue weighted by Crippen LogP contribution is -2.20. The summed E-state index contributed by atoms with van der Waals surface area (Å²) in [6.07, 6.45) is 4.95. The third-order valence-corrected chi connectivity index (χ3v) is 5.25. The first-order valence-electron chi connectivity index (χ1n) is 10.5. The maximum Gasteiger partial charge on any atom is 0.244 e.